The largest absolute Gasteiger partial charge is 0.370 e. The van der Waals surface area contributed by atoms with E-state index in [9.17, 15) is 9.59 Å². The van der Waals surface area contributed by atoms with Gasteiger partial charge in [-0.2, -0.15) is 9.97 Å². The molecule has 28 heavy (non-hydrogen) atoms. The molecule has 0 saturated carbocycles. The fourth-order valence-corrected chi connectivity index (χ4v) is 2.58. The summed E-state index contributed by atoms with van der Waals surface area (Å²) in [6, 6.07) is 17.7. The smallest absolute Gasteiger partial charge is 0.258 e. The summed E-state index contributed by atoms with van der Waals surface area (Å²) in [6.45, 7) is 4.48. The van der Waals surface area contributed by atoms with Crippen LogP contribution in [0.5, 0.6) is 0 Å². The van der Waals surface area contributed by atoms with Gasteiger partial charge in [0, 0.05) is 23.7 Å². The first-order chi connectivity index (χ1) is 13.5. The highest BCUT2D eigenvalue weighted by atomic mass is 16.2. The van der Waals surface area contributed by atoms with Gasteiger partial charge in [0.1, 0.15) is 11.6 Å². The van der Waals surface area contributed by atoms with E-state index in [1.165, 1.54) is 0 Å². The summed E-state index contributed by atoms with van der Waals surface area (Å²) in [5, 5.41) is 8.49. The van der Waals surface area contributed by atoms with Gasteiger partial charge in [-0.25, -0.2) is 0 Å². The fourth-order valence-electron chi connectivity index (χ4n) is 2.58. The van der Waals surface area contributed by atoms with E-state index in [0.717, 1.165) is 5.56 Å². The highest BCUT2D eigenvalue weighted by molar-refractivity contribution is 6.05. The molecule has 0 fully saturated rings. The summed E-state index contributed by atoms with van der Waals surface area (Å²) < 4.78 is 0. The van der Waals surface area contributed by atoms with Crippen molar-refractivity contribution in [3.8, 4) is 0 Å². The Balaban J connectivity index is 1.83. The maximum atomic E-state index is 12.5. The molecular weight excluding hydrogens is 354 g/mol. The molecule has 0 saturated heterocycles. The monoisotopic (exact) mass is 375 g/mol. The van der Waals surface area contributed by atoms with Crippen LogP contribution in [0.2, 0.25) is 0 Å². The first-order valence-electron chi connectivity index (χ1n) is 8.92. The Kier molecular flexibility index (Phi) is 5.96. The van der Waals surface area contributed by atoms with Crippen molar-refractivity contribution in [2.75, 3.05) is 22.5 Å². The van der Waals surface area contributed by atoms with E-state index >= 15 is 0 Å². The summed E-state index contributed by atoms with van der Waals surface area (Å²) in [5.41, 5.74) is 2.00. The molecule has 2 amide bonds. The lowest BCUT2D eigenvalue weighted by Gasteiger charge is -2.11. The number of nitrogens with one attached hydrogen (secondary N) is 3. The minimum atomic E-state index is -0.329. The van der Waals surface area contributed by atoms with Gasteiger partial charge in [-0.3, -0.25) is 14.9 Å². The number of rotatable bonds is 6. The molecule has 2 aromatic carbocycles. The van der Waals surface area contributed by atoms with Crippen molar-refractivity contribution in [1.82, 2.24) is 9.97 Å². The maximum absolute atomic E-state index is 12.5. The topological polar surface area (TPSA) is 96.0 Å². The van der Waals surface area contributed by atoms with Crippen LogP contribution >= 0.6 is 0 Å². The van der Waals surface area contributed by atoms with Crippen LogP contribution in [-0.2, 0) is 0 Å². The molecule has 0 unspecified atom stereocenters. The van der Waals surface area contributed by atoms with Crippen LogP contribution in [0.15, 0.2) is 60.7 Å². The van der Waals surface area contributed by atoms with Gasteiger partial charge in [0.25, 0.3) is 11.8 Å². The van der Waals surface area contributed by atoms with Crippen LogP contribution in [0, 0.1) is 6.92 Å². The summed E-state index contributed by atoms with van der Waals surface area (Å²) in [4.78, 5) is 33.4. The number of hydrogen-bond donors (Lipinski definition) is 3. The Morgan fingerprint density at radius 2 is 1.50 bits per heavy atom. The number of amides is 2. The van der Waals surface area contributed by atoms with Gasteiger partial charge in [0.15, 0.2) is 0 Å². The molecule has 0 atom stereocenters. The van der Waals surface area contributed by atoms with Gasteiger partial charge in [0.2, 0.25) is 5.95 Å². The Morgan fingerprint density at radius 3 is 2.21 bits per heavy atom. The molecule has 3 aromatic rings. The van der Waals surface area contributed by atoms with Crippen LogP contribution in [0.1, 0.15) is 33.2 Å². The molecule has 0 aliphatic rings. The quantitative estimate of drug-likeness (QED) is 0.610. The molecule has 142 valence electrons. The fraction of sp³-hybridized carbons (Fsp3) is 0.143. The van der Waals surface area contributed by atoms with Crippen LogP contribution < -0.4 is 16.0 Å². The van der Waals surface area contributed by atoms with Crippen molar-refractivity contribution < 1.29 is 9.59 Å². The number of nitrogens with zero attached hydrogens (tertiary/aromatic N) is 2. The summed E-state index contributed by atoms with van der Waals surface area (Å²) in [5.74, 6) is 0.281. The predicted molar refractivity (Wildman–Crippen MR) is 110 cm³/mol. The molecule has 7 heteroatoms. The van der Waals surface area contributed by atoms with E-state index in [4.69, 9.17) is 0 Å². The lowest BCUT2D eigenvalue weighted by Crippen LogP contribution is -2.18. The second-order valence-electron chi connectivity index (χ2n) is 6.14. The van der Waals surface area contributed by atoms with Gasteiger partial charge in [0.05, 0.1) is 0 Å². The Bertz CT molecular complexity index is 989. The average Bonchev–Trinajstić information content (AvgIpc) is 2.68. The first-order valence-corrected chi connectivity index (χ1v) is 8.92. The third-order valence-electron chi connectivity index (χ3n) is 3.87. The highest BCUT2D eigenvalue weighted by Crippen LogP contribution is 2.16. The van der Waals surface area contributed by atoms with Crippen LogP contribution in [0.4, 0.5) is 17.6 Å². The van der Waals surface area contributed by atoms with Crippen LogP contribution in [0.25, 0.3) is 0 Å². The molecule has 0 radical (unpaired) electrons. The molecule has 1 heterocycles. The molecule has 0 spiro atoms. The minimum absolute atomic E-state index is 0.104. The molecule has 0 aliphatic heterocycles. The van der Waals surface area contributed by atoms with E-state index in [-0.39, 0.29) is 17.8 Å². The van der Waals surface area contributed by atoms with Gasteiger partial charge in [-0.05, 0) is 38.1 Å². The Hall–Kier alpha value is -3.74. The maximum Gasteiger partial charge on any atom is 0.258 e. The first kappa shape index (κ1) is 19.0. The zero-order chi connectivity index (χ0) is 19.9. The average molecular weight is 375 g/mol. The van der Waals surface area contributed by atoms with E-state index < -0.39 is 0 Å². The standard InChI is InChI=1S/C21H21N5O2/c1-3-22-17-13-18(23-20(28)16-11-7-8-14(2)12-16)25-21(24-17)26-19(27)15-9-5-4-6-10-15/h4-13H,3H2,1-2H3,(H3,22,23,24,25,26,27,28). The van der Waals surface area contributed by atoms with E-state index in [1.807, 2.05) is 32.0 Å². The minimum Gasteiger partial charge on any atom is -0.370 e. The zero-order valence-electron chi connectivity index (χ0n) is 15.7. The van der Waals surface area contributed by atoms with Crippen LogP contribution in [-0.4, -0.2) is 28.3 Å². The number of carbonyl (C=O) groups excluding carboxylic acids is 2. The third-order valence-corrected chi connectivity index (χ3v) is 3.87. The molecule has 3 N–H and O–H groups in total. The third kappa shape index (κ3) is 4.91. The number of hydrogen-bond acceptors (Lipinski definition) is 5. The summed E-state index contributed by atoms with van der Waals surface area (Å²) >= 11 is 0. The van der Waals surface area contributed by atoms with E-state index in [2.05, 4.69) is 25.9 Å². The second-order valence-corrected chi connectivity index (χ2v) is 6.14. The van der Waals surface area contributed by atoms with Gasteiger partial charge >= 0.3 is 0 Å². The van der Waals surface area contributed by atoms with E-state index in [0.29, 0.717) is 29.3 Å². The molecule has 3 rings (SSSR count). The van der Waals surface area contributed by atoms with Crippen molar-refractivity contribution in [1.29, 1.82) is 0 Å². The Morgan fingerprint density at radius 1 is 0.821 bits per heavy atom. The van der Waals surface area contributed by atoms with Gasteiger partial charge < -0.3 is 10.6 Å². The number of benzene rings is 2. The van der Waals surface area contributed by atoms with E-state index in [1.54, 1.807) is 42.5 Å². The van der Waals surface area contributed by atoms with Crippen molar-refractivity contribution in [3.05, 3.63) is 77.4 Å². The lowest BCUT2D eigenvalue weighted by atomic mass is 10.1. The van der Waals surface area contributed by atoms with Crippen molar-refractivity contribution in [2.24, 2.45) is 0 Å². The predicted octanol–water partition coefficient (Wildman–Crippen LogP) is 3.72. The molecule has 0 bridgehead atoms. The number of aryl methyl sites for hydroxylation is 1. The second kappa shape index (κ2) is 8.77. The highest BCUT2D eigenvalue weighted by Gasteiger charge is 2.12. The molecule has 7 nitrogen and oxygen atoms in total. The van der Waals surface area contributed by atoms with Crippen LogP contribution in [0.3, 0.4) is 0 Å². The van der Waals surface area contributed by atoms with Crippen molar-refractivity contribution >= 4 is 29.4 Å². The van der Waals surface area contributed by atoms with Gasteiger partial charge in [-0.15, -0.1) is 0 Å². The summed E-state index contributed by atoms with van der Waals surface area (Å²) in [7, 11) is 0. The zero-order valence-corrected chi connectivity index (χ0v) is 15.7. The number of carbonyl (C=O) groups is 2. The number of aromatic nitrogens is 2. The van der Waals surface area contributed by atoms with Gasteiger partial charge in [-0.1, -0.05) is 35.9 Å². The SMILES string of the molecule is CCNc1cc(NC(=O)c2cccc(C)c2)nc(NC(=O)c2ccccc2)n1. The molecule has 0 aliphatic carbocycles. The Labute approximate surface area is 163 Å². The normalized spacial score (nSPS) is 10.2. The van der Waals surface area contributed by atoms with Crippen molar-refractivity contribution in [2.45, 2.75) is 13.8 Å². The van der Waals surface area contributed by atoms with Crippen molar-refractivity contribution in [3.63, 3.8) is 0 Å². The number of anilines is 3. The molecular formula is C21H21N5O2. The lowest BCUT2D eigenvalue weighted by molar-refractivity contribution is 0.101. The molecule has 1 aromatic heterocycles. The summed E-state index contributed by atoms with van der Waals surface area (Å²) in [6.07, 6.45) is 0.